The fourth-order valence-corrected chi connectivity index (χ4v) is 1.45. The molecule has 104 valence electrons. The number of halogens is 10. The first kappa shape index (κ1) is 16.9. The smallest absolute Gasteiger partial charge is 0.171 e. The lowest BCUT2D eigenvalue weighted by molar-refractivity contribution is -0.225. The molecule has 0 saturated heterocycles. The molecule has 0 bridgehead atoms. The Kier molecular flexibility index (Phi) is 5.18. The first-order valence-electron chi connectivity index (χ1n) is 4.07. The summed E-state index contributed by atoms with van der Waals surface area (Å²) in [5, 5.41) is 0. The molecule has 0 aliphatic rings. The second kappa shape index (κ2) is 5.23. The number of rotatable bonds is 3. The molecule has 0 rings (SSSR count). The maximum absolute atomic E-state index is 12.1. The van der Waals surface area contributed by atoms with Gasteiger partial charge in [0.1, 0.15) is 4.83 Å². The summed E-state index contributed by atoms with van der Waals surface area (Å²) >= 11 is 1.91. The first-order chi connectivity index (χ1) is 7.23. The summed E-state index contributed by atoms with van der Waals surface area (Å²) in [7, 11) is 0. The van der Waals surface area contributed by atoms with Crippen molar-refractivity contribution in [1.29, 1.82) is 0 Å². The number of hydrogen-bond acceptors (Lipinski definition) is 0. The predicted octanol–water partition coefficient (Wildman–Crippen LogP) is 4.83. The van der Waals surface area contributed by atoms with Gasteiger partial charge in [0.25, 0.3) is 0 Å². The second-order valence-electron chi connectivity index (χ2n) is 3.30. The molecule has 17 heavy (non-hydrogen) atoms. The van der Waals surface area contributed by atoms with Crippen LogP contribution in [-0.2, 0) is 0 Å². The van der Waals surface area contributed by atoms with Gasteiger partial charge >= 0.3 is 18.5 Å². The zero-order valence-corrected chi connectivity index (χ0v) is 9.43. The van der Waals surface area contributed by atoms with Gasteiger partial charge in [0, 0.05) is 0 Å². The van der Waals surface area contributed by atoms with Crippen LogP contribution in [0.3, 0.4) is 0 Å². The summed E-state index contributed by atoms with van der Waals surface area (Å²) in [4.78, 5) is -2.62. The van der Waals surface area contributed by atoms with Gasteiger partial charge in [-0.3, -0.25) is 0 Å². The molecule has 0 amide bonds. The Morgan fingerprint density at radius 2 is 1.18 bits per heavy atom. The van der Waals surface area contributed by atoms with Gasteiger partial charge in [0.15, 0.2) is 0 Å². The van der Waals surface area contributed by atoms with E-state index in [1.54, 1.807) is 0 Å². The topological polar surface area (TPSA) is 0 Å². The molecule has 0 radical (unpaired) electrons. The van der Waals surface area contributed by atoms with Crippen LogP contribution in [0.25, 0.3) is 0 Å². The van der Waals surface area contributed by atoms with E-state index in [2.05, 4.69) is 0 Å². The highest BCUT2D eigenvalue weighted by Crippen LogP contribution is 2.42. The van der Waals surface area contributed by atoms with E-state index in [-0.39, 0.29) is 0 Å². The summed E-state index contributed by atoms with van der Waals surface area (Å²) in [6, 6.07) is 0. The Bertz CT molecular complexity index is 237. The molecule has 0 aromatic rings. The van der Waals surface area contributed by atoms with Crippen LogP contribution >= 0.6 is 15.9 Å². The van der Waals surface area contributed by atoms with Crippen molar-refractivity contribution in [3.63, 3.8) is 0 Å². The molecule has 0 aromatic heterocycles. The van der Waals surface area contributed by atoms with Crippen LogP contribution in [-0.4, -0.2) is 23.4 Å². The predicted molar refractivity (Wildman–Crippen MR) is 43.6 cm³/mol. The lowest BCUT2D eigenvalue weighted by atomic mass is 9.98. The summed E-state index contributed by atoms with van der Waals surface area (Å²) in [6.45, 7) is 0. The number of hydrogen-bond donors (Lipinski definition) is 0. The third-order valence-electron chi connectivity index (χ3n) is 1.79. The highest BCUT2D eigenvalue weighted by atomic mass is 79.9. The highest BCUT2D eigenvalue weighted by Gasteiger charge is 2.50. The third kappa shape index (κ3) is 6.99. The van der Waals surface area contributed by atoms with Crippen LogP contribution in [0.2, 0.25) is 0 Å². The van der Waals surface area contributed by atoms with Gasteiger partial charge in [-0.2, -0.15) is 39.5 Å². The highest BCUT2D eigenvalue weighted by molar-refractivity contribution is 9.09. The summed E-state index contributed by atoms with van der Waals surface area (Å²) in [5.41, 5.74) is 0. The van der Waals surface area contributed by atoms with Crippen molar-refractivity contribution in [2.75, 3.05) is 0 Å². The third-order valence-corrected chi connectivity index (χ3v) is 2.68. The zero-order chi connectivity index (χ0) is 14.1. The summed E-state index contributed by atoms with van der Waals surface area (Å²) in [6.07, 6.45) is -19.5. The molecule has 0 spiro atoms. The fourth-order valence-electron chi connectivity index (χ4n) is 0.996. The van der Waals surface area contributed by atoms with Crippen LogP contribution in [0.4, 0.5) is 39.5 Å². The average Bonchev–Trinajstić information content (AvgIpc) is 1.96. The minimum atomic E-state index is -5.33. The van der Waals surface area contributed by atoms with Gasteiger partial charge in [-0.25, -0.2) is 0 Å². The normalized spacial score (nSPS) is 18.0. The van der Waals surface area contributed by atoms with Crippen molar-refractivity contribution in [3.05, 3.63) is 0 Å². The Morgan fingerprint density at radius 3 is 1.41 bits per heavy atom. The van der Waals surface area contributed by atoms with Crippen molar-refractivity contribution in [2.24, 2.45) is 5.92 Å². The van der Waals surface area contributed by atoms with Crippen molar-refractivity contribution in [2.45, 2.75) is 36.2 Å². The van der Waals surface area contributed by atoms with Crippen LogP contribution < -0.4 is 0 Å². The fraction of sp³-hybridized carbons (Fsp3) is 1.00. The van der Waals surface area contributed by atoms with E-state index in [1.165, 1.54) is 0 Å². The maximum Gasteiger partial charge on any atom is 0.401 e. The van der Waals surface area contributed by atoms with Crippen LogP contribution in [0.1, 0.15) is 12.8 Å². The molecular formula is C7H6BrF9. The summed E-state index contributed by atoms with van der Waals surface area (Å²) in [5.74, 6) is -3.08. The van der Waals surface area contributed by atoms with E-state index in [1.807, 2.05) is 15.9 Å². The molecule has 0 nitrogen and oxygen atoms in total. The van der Waals surface area contributed by atoms with E-state index in [9.17, 15) is 39.5 Å². The second-order valence-corrected chi connectivity index (χ2v) is 4.41. The molecule has 0 aromatic carbocycles. The van der Waals surface area contributed by atoms with E-state index in [0.717, 1.165) is 0 Å². The maximum atomic E-state index is 12.1. The average molecular weight is 341 g/mol. The molecule has 0 fully saturated rings. The molecule has 2 atom stereocenters. The van der Waals surface area contributed by atoms with E-state index in [4.69, 9.17) is 0 Å². The minimum absolute atomic E-state index is 1.70. The van der Waals surface area contributed by atoms with E-state index < -0.39 is 42.1 Å². The molecule has 0 aliphatic heterocycles. The standard InChI is InChI=1S/C7H6BrF9/c8-4(7(15,16)17)1-3(6(12,13)14)2-5(9,10)11/h3-4H,1-2H2. The van der Waals surface area contributed by atoms with Crippen molar-refractivity contribution >= 4 is 15.9 Å². The van der Waals surface area contributed by atoms with Crippen LogP contribution in [0.5, 0.6) is 0 Å². The van der Waals surface area contributed by atoms with Gasteiger partial charge in [0.05, 0.1) is 12.3 Å². The number of alkyl halides is 10. The van der Waals surface area contributed by atoms with Crippen molar-refractivity contribution in [3.8, 4) is 0 Å². The molecule has 0 N–H and O–H groups in total. The monoisotopic (exact) mass is 340 g/mol. The molecule has 2 unspecified atom stereocenters. The quantitative estimate of drug-likeness (QED) is 0.509. The van der Waals surface area contributed by atoms with Gasteiger partial charge < -0.3 is 0 Å². The minimum Gasteiger partial charge on any atom is -0.171 e. The molecule has 0 aliphatic carbocycles. The van der Waals surface area contributed by atoms with Crippen LogP contribution in [0, 0.1) is 5.92 Å². The SMILES string of the molecule is FC(F)(F)CC(CC(Br)C(F)(F)F)C(F)(F)F. The molecule has 10 heteroatoms. The Hall–Kier alpha value is -0.150. The van der Waals surface area contributed by atoms with Gasteiger partial charge in [-0.1, -0.05) is 15.9 Å². The lowest BCUT2D eigenvalue weighted by Gasteiger charge is -2.24. The van der Waals surface area contributed by atoms with Gasteiger partial charge in [0.2, 0.25) is 0 Å². The van der Waals surface area contributed by atoms with Crippen molar-refractivity contribution in [1.82, 2.24) is 0 Å². The Balaban J connectivity index is 4.74. The molecule has 0 heterocycles. The van der Waals surface area contributed by atoms with Crippen molar-refractivity contribution < 1.29 is 39.5 Å². The Labute approximate surface area is 98.3 Å². The van der Waals surface area contributed by atoms with Gasteiger partial charge in [-0.15, -0.1) is 0 Å². The summed E-state index contributed by atoms with van der Waals surface area (Å²) < 4.78 is 107. The zero-order valence-electron chi connectivity index (χ0n) is 7.85. The molecular weight excluding hydrogens is 335 g/mol. The molecule has 0 saturated carbocycles. The lowest BCUT2D eigenvalue weighted by Crippen LogP contribution is -2.34. The van der Waals surface area contributed by atoms with E-state index >= 15 is 0 Å². The van der Waals surface area contributed by atoms with E-state index in [0.29, 0.717) is 0 Å². The van der Waals surface area contributed by atoms with Crippen LogP contribution in [0.15, 0.2) is 0 Å². The van der Waals surface area contributed by atoms with Gasteiger partial charge in [-0.05, 0) is 6.42 Å². The largest absolute Gasteiger partial charge is 0.401 e. The first-order valence-corrected chi connectivity index (χ1v) is 4.99. The Morgan fingerprint density at radius 1 is 0.765 bits per heavy atom.